The zero-order valence-corrected chi connectivity index (χ0v) is 20.9. The molecule has 0 aliphatic rings. The van der Waals surface area contributed by atoms with Gasteiger partial charge in [0.15, 0.2) is 9.84 Å². The van der Waals surface area contributed by atoms with Crippen molar-refractivity contribution in [1.82, 2.24) is 14.9 Å². The predicted octanol–water partition coefficient (Wildman–Crippen LogP) is 4.89. The molecule has 0 aliphatic carbocycles. The lowest BCUT2D eigenvalue weighted by molar-refractivity contribution is -0.137. The molecule has 4 rings (SSSR count). The van der Waals surface area contributed by atoms with Crippen molar-refractivity contribution in [2.24, 2.45) is 7.05 Å². The Morgan fingerprint density at radius 2 is 1.68 bits per heavy atom. The minimum atomic E-state index is -4.41. The monoisotopic (exact) mass is 531 g/mol. The van der Waals surface area contributed by atoms with Crippen LogP contribution in [0.4, 0.5) is 13.2 Å². The Kier molecular flexibility index (Phi) is 7.26. The molecular formula is C26H24F3N3O4S. The van der Waals surface area contributed by atoms with Gasteiger partial charge in [-0.3, -0.25) is 4.79 Å². The van der Waals surface area contributed by atoms with E-state index in [9.17, 15) is 26.4 Å². The van der Waals surface area contributed by atoms with Gasteiger partial charge in [-0.05, 0) is 47.5 Å². The third kappa shape index (κ3) is 5.77. The number of sulfone groups is 1. The van der Waals surface area contributed by atoms with Crippen LogP contribution in [0.15, 0.2) is 71.8 Å². The molecule has 37 heavy (non-hydrogen) atoms. The van der Waals surface area contributed by atoms with Gasteiger partial charge in [0.1, 0.15) is 17.8 Å². The summed E-state index contributed by atoms with van der Waals surface area (Å²) in [6, 6.07) is 14.4. The van der Waals surface area contributed by atoms with Crippen molar-refractivity contribution in [2.75, 3.05) is 5.75 Å². The largest absolute Gasteiger partial charge is 0.471 e. The maximum Gasteiger partial charge on any atom is 0.416 e. The molecule has 0 saturated carbocycles. The first-order valence-corrected chi connectivity index (χ1v) is 13.0. The molecule has 0 spiro atoms. The van der Waals surface area contributed by atoms with Crippen molar-refractivity contribution >= 4 is 26.6 Å². The van der Waals surface area contributed by atoms with Crippen LogP contribution >= 0.6 is 0 Å². The Morgan fingerprint density at radius 1 is 1.03 bits per heavy atom. The van der Waals surface area contributed by atoms with Gasteiger partial charge in [0.25, 0.3) is 5.91 Å². The number of nitrogens with zero attached hydrogens (tertiary/aromatic N) is 2. The van der Waals surface area contributed by atoms with Crippen molar-refractivity contribution in [1.29, 1.82) is 0 Å². The number of carbonyl (C=O) groups is 1. The number of pyridine rings is 1. The third-order valence-corrected chi connectivity index (χ3v) is 7.67. The highest BCUT2D eigenvalue weighted by Crippen LogP contribution is 2.30. The van der Waals surface area contributed by atoms with E-state index >= 15 is 0 Å². The maximum atomic E-state index is 12.9. The zero-order valence-electron chi connectivity index (χ0n) is 20.0. The van der Waals surface area contributed by atoms with Crippen LogP contribution in [0.3, 0.4) is 0 Å². The molecule has 1 N–H and O–H groups in total. The zero-order chi connectivity index (χ0) is 26.8. The highest BCUT2D eigenvalue weighted by molar-refractivity contribution is 7.91. The molecule has 0 unspecified atom stereocenters. The Hall–Kier alpha value is -3.86. The van der Waals surface area contributed by atoms with Crippen LogP contribution in [0.1, 0.15) is 34.1 Å². The summed E-state index contributed by atoms with van der Waals surface area (Å²) in [7, 11) is -1.61. The van der Waals surface area contributed by atoms with E-state index in [0.29, 0.717) is 22.2 Å². The van der Waals surface area contributed by atoms with Crippen molar-refractivity contribution < 1.29 is 31.1 Å². The van der Waals surface area contributed by atoms with E-state index in [2.05, 4.69) is 10.3 Å². The van der Waals surface area contributed by atoms with Gasteiger partial charge in [-0.2, -0.15) is 13.2 Å². The fourth-order valence-electron chi connectivity index (χ4n) is 3.79. The summed E-state index contributed by atoms with van der Waals surface area (Å²) in [6.07, 6.45) is -2.89. The van der Waals surface area contributed by atoms with Gasteiger partial charge >= 0.3 is 6.18 Å². The Bertz CT molecular complexity index is 1530. The summed E-state index contributed by atoms with van der Waals surface area (Å²) >= 11 is 0. The lowest BCUT2D eigenvalue weighted by atomic mass is 10.1. The number of benzene rings is 2. The predicted molar refractivity (Wildman–Crippen MR) is 132 cm³/mol. The number of nitrogens with one attached hydrogen (secondary N) is 1. The second-order valence-electron chi connectivity index (χ2n) is 8.36. The Morgan fingerprint density at radius 3 is 2.30 bits per heavy atom. The number of carbonyl (C=O) groups excluding carboxylic acids is 1. The summed E-state index contributed by atoms with van der Waals surface area (Å²) in [4.78, 5) is 17.4. The third-order valence-electron chi connectivity index (χ3n) is 5.92. The summed E-state index contributed by atoms with van der Waals surface area (Å²) < 4.78 is 69.7. The standard InChI is InChI=1S/C26H24F3N3O4S/c1-3-37(34,35)21-10-6-17(7-11-21)15-31-24(33)22-14-19-12-13-30-25(23(19)32(22)2)36-16-18-4-8-20(9-5-18)26(27,28)29/h4-14H,3,15-16H2,1-2H3,(H,31,33). The molecule has 2 aromatic heterocycles. The fraction of sp³-hybridized carbons (Fsp3) is 0.231. The number of alkyl halides is 3. The van der Waals surface area contributed by atoms with Gasteiger partial charge < -0.3 is 14.6 Å². The van der Waals surface area contributed by atoms with Gasteiger partial charge in [-0.1, -0.05) is 31.2 Å². The Labute approximate surface area is 211 Å². The molecule has 0 saturated heterocycles. The minimum absolute atomic E-state index is 0.000701. The number of amides is 1. The topological polar surface area (TPSA) is 90.3 Å². The van der Waals surface area contributed by atoms with Crippen LogP contribution in [0.5, 0.6) is 5.88 Å². The van der Waals surface area contributed by atoms with Crippen LogP contribution in [-0.2, 0) is 36.2 Å². The molecule has 0 atom stereocenters. The second-order valence-corrected chi connectivity index (χ2v) is 10.6. The van der Waals surface area contributed by atoms with E-state index in [-0.39, 0.29) is 35.6 Å². The average Bonchev–Trinajstić information content (AvgIpc) is 3.23. The lowest BCUT2D eigenvalue weighted by Crippen LogP contribution is -2.24. The van der Waals surface area contributed by atoms with Crippen LogP contribution < -0.4 is 10.1 Å². The van der Waals surface area contributed by atoms with Gasteiger partial charge in [-0.25, -0.2) is 13.4 Å². The molecule has 0 bridgehead atoms. The molecule has 0 fully saturated rings. The number of fused-ring (bicyclic) bond motifs is 1. The highest BCUT2D eigenvalue weighted by atomic mass is 32.2. The smallest absolute Gasteiger partial charge is 0.416 e. The molecule has 194 valence electrons. The normalized spacial score (nSPS) is 12.0. The second kappa shape index (κ2) is 10.3. The first kappa shape index (κ1) is 26.2. The van der Waals surface area contributed by atoms with Crippen molar-refractivity contribution in [2.45, 2.75) is 31.1 Å². The minimum Gasteiger partial charge on any atom is -0.471 e. The molecular weight excluding hydrogens is 507 g/mol. The SMILES string of the molecule is CCS(=O)(=O)c1ccc(CNC(=O)c2cc3ccnc(OCc4ccc(C(F)(F)F)cc4)c3n2C)cc1. The first-order valence-electron chi connectivity index (χ1n) is 11.3. The van der Waals surface area contributed by atoms with E-state index in [4.69, 9.17) is 4.74 Å². The van der Waals surface area contributed by atoms with E-state index in [1.54, 1.807) is 42.8 Å². The number of aryl methyl sites for hydroxylation is 1. The number of halogens is 3. The molecule has 0 radical (unpaired) electrons. The number of rotatable bonds is 8. The van der Waals surface area contributed by atoms with E-state index < -0.39 is 21.6 Å². The molecule has 2 heterocycles. The fourth-order valence-corrected chi connectivity index (χ4v) is 4.67. The van der Waals surface area contributed by atoms with E-state index in [1.165, 1.54) is 30.5 Å². The van der Waals surface area contributed by atoms with Gasteiger partial charge in [0, 0.05) is 25.2 Å². The first-order chi connectivity index (χ1) is 17.5. The average molecular weight is 532 g/mol. The molecule has 11 heteroatoms. The summed E-state index contributed by atoms with van der Waals surface area (Å²) in [5.74, 6) is -0.0982. The molecule has 1 amide bonds. The van der Waals surface area contributed by atoms with Crippen molar-refractivity contribution in [3.63, 3.8) is 0 Å². The van der Waals surface area contributed by atoms with Crippen molar-refractivity contribution in [3.8, 4) is 5.88 Å². The molecule has 2 aromatic carbocycles. The van der Waals surface area contributed by atoms with Crippen LogP contribution in [-0.4, -0.2) is 29.6 Å². The maximum absolute atomic E-state index is 12.9. The molecule has 4 aromatic rings. The van der Waals surface area contributed by atoms with Gasteiger partial charge in [-0.15, -0.1) is 0 Å². The van der Waals surface area contributed by atoms with Gasteiger partial charge in [0.2, 0.25) is 5.88 Å². The van der Waals surface area contributed by atoms with Crippen LogP contribution in [0, 0.1) is 0 Å². The molecule has 0 aliphatic heterocycles. The van der Waals surface area contributed by atoms with E-state index in [0.717, 1.165) is 17.7 Å². The van der Waals surface area contributed by atoms with Gasteiger partial charge in [0.05, 0.1) is 16.2 Å². The lowest BCUT2D eigenvalue weighted by Gasteiger charge is -2.11. The summed E-state index contributed by atoms with van der Waals surface area (Å²) in [5.41, 5.74) is 1.46. The van der Waals surface area contributed by atoms with E-state index in [1.807, 2.05) is 0 Å². The number of aromatic nitrogens is 2. The highest BCUT2D eigenvalue weighted by Gasteiger charge is 2.30. The Balaban J connectivity index is 1.47. The molecule has 7 nitrogen and oxygen atoms in total. The summed E-state index contributed by atoms with van der Waals surface area (Å²) in [6.45, 7) is 1.77. The quantitative estimate of drug-likeness (QED) is 0.350. The van der Waals surface area contributed by atoms with Crippen LogP contribution in [0.25, 0.3) is 10.9 Å². The summed E-state index contributed by atoms with van der Waals surface area (Å²) in [5, 5.41) is 3.53. The number of hydrogen-bond acceptors (Lipinski definition) is 5. The number of hydrogen-bond donors (Lipinski definition) is 1. The van der Waals surface area contributed by atoms with Crippen LogP contribution in [0.2, 0.25) is 0 Å². The number of ether oxygens (including phenoxy) is 1. The van der Waals surface area contributed by atoms with Crippen molar-refractivity contribution in [3.05, 3.63) is 89.2 Å².